The van der Waals surface area contributed by atoms with Crippen molar-refractivity contribution in [3.05, 3.63) is 88.5 Å². The van der Waals surface area contributed by atoms with Crippen LogP contribution in [-0.2, 0) is 6.61 Å². The first-order chi connectivity index (χ1) is 15.4. The Morgan fingerprint density at radius 1 is 0.969 bits per heavy atom. The second kappa shape index (κ2) is 10.4. The molecule has 0 spiro atoms. The smallest absolute Gasteiger partial charge is 0.152 e. The Labute approximate surface area is 190 Å². The average molecular weight is 432 g/mol. The molecule has 1 heterocycles. The Bertz CT molecular complexity index is 1120. The lowest BCUT2D eigenvalue weighted by molar-refractivity contribution is 0.112. The number of aromatic nitrogens is 1. The summed E-state index contributed by atoms with van der Waals surface area (Å²) in [6.45, 7) is 10.4. The molecule has 0 amide bonds. The Balaban J connectivity index is 2.29. The van der Waals surface area contributed by atoms with Gasteiger partial charge < -0.3 is 4.74 Å². The molecule has 0 aliphatic rings. The lowest BCUT2D eigenvalue weighted by atomic mass is 9.87. The van der Waals surface area contributed by atoms with Gasteiger partial charge in [0.25, 0.3) is 0 Å². The van der Waals surface area contributed by atoms with E-state index >= 15 is 0 Å². The average Bonchev–Trinajstić information content (AvgIpc) is 2.78. The Hall–Kier alpha value is -3.27. The maximum absolute atomic E-state index is 14.3. The fraction of sp³-hybridized carbons (Fsp3) is 0.286. The normalized spacial score (nSPS) is 11.5. The van der Waals surface area contributed by atoms with Crippen LogP contribution in [-0.4, -0.2) is 11.3 Å². The van der Waals surface area contributed by atoms with Gasteiger partial charge in [-0.15, -0.1) is 0 Å². The van der Waals surface area contributed by atoms with Gasteiger partial charge in [-0.1, -0.05) is 70.2 Å². The minimum Gasteiger partial charge on any atom is -0.488 e. The molecule has 2 aromatic carbocycles. The van der Waals surface area contributed by atoms with Crippen LogP contribution < -0.4 is 4.74 Å². The molecule has 3 aromatic rings. The summed E-state index contributed by atoms with van der Waals surface area (Å²) in [5.74, 6) is 0.213. The van der Waals surface area contributed by atoms with Crippen LogP contribution in [0.1, 0.15) is 79.3 Å². The standard InChI is InChI=1S/C28H30FNO2/c1-6-10-23-26(24(16-31)28(19(4)5)30-27(23)18(2)3)22-14-13-21(29)15-25(22)32-17-20-11-8-7-9-12-20/h6-16,18-19H,17H2,1-5H3/b10-6+. The predicted molar refractivity (Wildman–Crippen MR) is 129 cm³/mol. The van der Waals surface area contributed by atoms with Crippen molar-refractivity contribution in [3.63, 3.8) is 0 Å². The van der Waals surface area contributed by atoms with Crippen LogP contribution in [0, 0.1) is 5.82 Å². The quantitative estimate of drug-likeness (QED) is 0.345. The molecular weight excluding hydrogens is 401 g/mol. The molecule has 1 aromatic heterocycles. The summed E-state index contributed by atoms with van der Waals surface area (Å²) in [7, 11) is 0. The van der Waals surface area contributed by atoms with Crippen molar-refractivity contribution >= 4 is 12.4 Å². The number of rotatable bonds is 8. The van der Waals surface area contributed by atoms with Gasteiger partial charge >= 0.3 is 0 Å². The SMILES string of the molecule is C/C=C/c1c(C(C)C)nc(C(C)C)c(C=O)c1-c1ccc(F)cc1OCc1ccccc1. The Morgan fingerprint density at radius 3 is 2.22 bits per heavy atom. The maximum atomic E-state index is 14.3. The van der Waals surface area contributed by atoms with E-state index in [1.807, 2.05) is 63.3 Å². The van der Waals surface area contributed by atoms with Crippen LogP contribution >= 0.6 is 0 Å². The first-order valence-electron chi connectivity index (χ1n) is 11.0. The number of hydrogen-bond acceptors (Lipinski definition) is 3. The summed E-state index contributed by atoms with van der Waals surface area (Å²) >= 11 is 0. The predicted octanol–water partition coefficient (Wildman–Crippen LogP) is 7.56. The van der Waals surface area contributed by atoms with E-state index < -0.39 is 0 Å². The van der Waals surface area contributed by atoms with Crippen LogP contribution in [0.15, 0.2) is 54.6 Å². The van der Waals surface area contributed by atoms with E-state index in [9.17, 15) is 9.18 Å². The largest absolute Gasteiger partial charge is 0.488 e. The first kappa shape index (κ1) is 23.4. The molecule has 166 valence electrons. The highest BCUT2D eigenvalue weighted by Crippen LogP contribution is 2.41. The van der Waals surface area contributed by atoms with E-state index in [-0.39, 0.29) is 17.7 Å². The van der Waals surface area contributed by atoms with Gasteiger partial charge in [-0.2, -0.15) is 0 Å². The number of pyridine rings is 1. The highest BCUT2D eigenvalue weighted by atomic mass is 19.1. The number of hydrogen-bond donors (Lipinski definition) is 0. The van der Waals surface area contributed by atoms with Crippen molar-refractivity contribution in [1.29, 1.82) is 0 Å². The molecule has 0 saturated heterocycles. The summed E-state index contributed by atoms with van der Waals surface area (Å²) in [5.41, 5.74) is 5.44. The molecule has 0 fully saturated rings. The van der Waals surface area contributed by atoms with Crippen LogP contribution in [0.4, 0.5) is 4.39 Å². The third-order valence-electron chi connectivity index (χ3n) is 5.33. The lowest BCUT2D eigenvalue weighted by Gasteiger charge is -2.22. The van der Waals surface area contributed by atoms with Crippen molar-refractivity contribution in [2.24, 2.45) is 0 Å². The third-order valence-corrected chi connectivity index (χ3v) is 5.33. The molecular formula is C28H30FNO2. The van der Waals surface area contributed by atoms with Crippen LogP contribution in [0.25, 0.3) is 17.2 Å². The van der Waals surface area contributed by atoms with Crippen molar-refractivity contribution in [2.45, 2.75) is 53.1 Å². The van der Waals surface area contributed by atoms with Gasteiger partial charge in [0, 0.05) is 28.3 Å². The van der Waals surface area contributed by atoms with Gasteiger partial charge in [0.1, 0.15) is 18.2 Å². The van der Waals surface area contributed by atoms with E-state index in [4.69, 9.17) is 9.72 Å². The number of nitrogens with zero attached hydrogens (tertiary/aromatic N) is 1. The molecule has 4 heteroatoms. The van der Waals surface area contributed by atoms with Gasteiger partial charge in [-0.25, -0.2) is 4.39 Å². The number of carbonyl (C=O) groups excluding carboxylic acids is 1. The second-order valence-electron chi connectivity index (χ2n) is 8.43. The molecule has 0 aliphatic heterocycles. The van der Waals surface area contributed by atoms with Gasteiger partial charge in [0.2, 0.25) is 0 Å². The molecule has 0 aliphatic carbocycles. The van der Waals surface area contributed by atoms with Gasteiger partial charge in [0.15, 0.2) is 6.29 Å². The van der Waals surface area contributed by atoms with E-state index in [1.165, 1.54) is 12.1 Å². The highest BCUT2D eigenvalue weighted by Gasteiger charge is 2.24. The van der Waals surface area contributed by atoms with Crippen molar-refractivity contribution < 1.29 is 13.9 Å². The Morgan fingerprint density at radius 2 is 1.62 bits per heavy atom. The molecule has 3 rings (SSSR count). The number of allylic oxidation sites excluding steroid dienone is 1. The van der Waals surface area contributed by atoms with Crippen molar-refractivity contribution in [3.8, 4) is 16.9 Å². The first-order valence-corrected chi connectivity index (χ1v) is 11.0. The zero-order valence-electron chi connectivity index (χ0n) is 19.4. The lowest BCUT2D eigenvalue weighted by Crippen LogP contribution is -2.10. The van der Waals surface area contributed by atoms with E-state index in [0.29, 0.717) is 23.5 Å². The fourth-order valence-corrected chi connectivity index (χ4v) is 3.83. The molecule has 32 heavy (non-hydrogen) atoms. The zero-order valence-corrected chi connectivity index (χ0v) is 19.4. The summed E-state index contributed by atoms with van der Waals surface area (Å²) in [6.07, 6.45) is 4.77. The molecule has 0 saturated carbocycles. The summed E-state index contributed by atoms with van der Waals surface area (Å²) in [4.78, 5) is 17.2. The molecule has 0 bridgehead atoms. The zero-order chi connectivity index (χ0) is 23.3. The van der Waals surface area contributed by atoms with Crippen molar-refractivity contribution in [2.75, 3.05) is 0 Å². The summed E-state index contributed by atoms with van der Waals surface area (Å²) < 4.78 is 20.4. The fourth-order valence-electron chi connectivity index (χ4n) is 3.83. The van der Waals surface area contributed by atoms with E-state index in [0.717, 1.165) is 34.4 Å². The topological polar surface area (TPSA) is 39.2 Å². The third kappa shape index (κ3) is 4.96. The Kier molecular flexibility index (Phi) is 7.57. The van der Waals surface area contributed by atoms with Gasteiger partial charge in [0.05, 0.1) is 11.4 Å². The maximum Gasteiger partial charge on any atom is 0.152 e. The van der Waals surface area contributed by atoms with Gasteiger partial charge in [-0.05, 0) is 36.5 Å². The monoisotopic (exact) mass is 431 g/mol. The number of aldehydes is 1. The van der Waals surface area contributed by atoms with Crippen LogP contribution in [0.2, 0.25) is 0 Å². The molecule has 0 atom stereocenters. The van der Waals surface area contributed by atoms with Crippen LogP contribution in [0.5, 0.6) is 5.75 Å². The summed E-state index contributed by atoms with van der Waals surface area (Å²) in [5, 5.41) is 0. The van der Waals surface area contributed by atoms with Gasteiger partial charge in [-0.3, -0.25) is 9.78 Å². The molecule has 0 radical (unpaired) electrons. The minimum atomic E-state index is -0.390. The number of benzene rings is 2. The molecule has 0 N–H and O–H groups in total. The van der Waals surface area contributed by atoms with Crippen molar-refractivity contribution in [1.82, 2.24) is 4.98 Å². The number of halogens is 1. The van der Waals surface area contributed by atoms with Crippen LogP contribution in [0.3, 0.4) is 0 Å². The van der Waals surface area contributed by atoms with E-state index in [2.05, 4.69) is 13.8 Å². The minimum absolute atomic E-state index is 0.0558. The highest BCUT2D eigenvalue weighted by molar-refractivity contribution is 5.95. The summed E-state index contributed by atoms with van der Waals surface area (Å²) in [6, 6.07) is 14.2. The number of carbonyl (C=O) groups is 1. The number of ether oxygens (including phenoxy) is 1. The van der Waals surface area contributed by atoms with E-state index in [1.54, 1.807) is 6.07 Å². The molecule has 3 nitrogen and oxygen atoms in total. The second-order valence-corrected chi connectivity index (χ2v) is 8.43. The molecule has 0 unspecified atom stereocenters.